The van der Waals surface area contributed by atoms with Gasteiger partial charge < -0.3 is 0 Å². The molecule has 0 bridgehead atoms. The van der Waals surface area contributed by atoms with Crippen molar-refractivity contribution in [3.05, 3.63) is 23.9 Å². The number of rotatable bonds is 2. The number of aliphatic imine (C=N–C) groups is 1. The molecule has 0 fully saturated rings. The van der Waals surface area contributed by atoms with Gasteiger partial charge in [0.25, 0.3) is 5.91 Å². The Balaban J connectivity index is 2.97. The van der Waals surface area contributed by atoms with Gasteiger partial charge in [0.05, 0.1) is 12.1 Å². The molecule has 1 aliphatic rings. The highest BCUT2D eigenvalue weighted by Gasteiger charge is 2.21. The first-order chi connectivity index (χ1) is 6.15. The quantitative estimate of drug-likeness (QED) is 0.496. The average molecular weight is 178 g/mol. The third kappa shape index (κ3) is 2.11. The molecule has 4 heteroatoms. The number of allylic oxidation sites excluding steroid dienone is 1. The lowest BCUT2D eigenvalue weighted by Gasteiger charge is -2.13. The first-order valence-corrected chi connectivity index (χ1v) is 3.84. The van der Waals surface area contributed by atoms with E-state index in [0.717, 1.165) is 0 Å². The molecule has 1 aliphatic heterocycles. The van der Waals surface area contributed by atoms with Crippen LogP contribution in [0.1, 0.15) is 13.3 Å². The van der Waals surface area contributed by atoms with E-state index in [4.69, 9.17) is 0 Å². The second-order valence-corrected chi connectivity index (χ2v) is 2.64. The maximum atomic E-state index is 11.1. The lowest BCUT2D eigenvalue weighted by Crippen LogP contribution is -2.35. The second kappa shape index (κ2) is 3.80. The summed E-state index contributed by atoms with van der Waals surface area (Å²) >= 11 is 0. The maximum Gasteiger partial charge on any atom is 0.255 e. The van der Waals surface area contributed by atoms with Gasteiger partial charge in [-0.1, -0.05) is 12.7 Å². The van der Waals surface area contributed by atoms with E-state index < -0.39 is 0 Å². The molecule has 4 nitrogen and oxygen atoms in total. The predicted octanol–water partition coefficient (Wildman–Crippen LogP) is 0.564. The smallest absolute Gasteiger partial charge is 0.255 e. The summed E-state index contributed by atoms with van der Waals surface area (Å²) in [5.41, 5.74) is 0.992. The van der Waals surface area contributed by atoms with Gasteiger partial charge >= 0.3 is 0 Å². The number of imide groups is 1. The van der Waals surface area contributed by atoms with Crippen molar-refractivity contribution in [3.8, 4) is 0 Å². The molecule has 0 spiro atoms. The van der Waals surface area contributed by atoms with Crippen LogP contribution >= 0.6 is 0 Å². The Bertz CT molecular complexity index is 327. The fourth-order valence-electron chi connectivity index (χ4n) is 0.965. The van der Waals surface area contributed by atoms with Gasteiger partial charge in [0.1, 0.15) is 0 Å². The first-order valence-electron chi connectivity index (χ1n) is 3.84. The highest BCUT2D eigenvalue weighted by atomic mass is 16.2. The highest BCUT2D eigenvalue weighted by Crippen LogP contribution is 2.14. The minimum atomic E-state index is -0.368. The molecule has 0 aromatic rings. The van der Waals surface area contributed by atoms with Crippen molar-refractivity contribution in [1.82, 2.24) is 5.32 Å². The summed E-state index contributed by atoms with van der Waals surface area (Å²) in [6.07, 6.45) is 3.11. The number of carbonyl (C=O) groups excluding carboxylic acids is 2. The molecule has 0 aliphatic carbocycles. The summed E-state index contributed by atoms with van der Waals surface area (Å²) in [5, 5.41) is 2.20. The Kier molecular flexibility index (Phi) is 2.74. The minimum Gasteiger partial charge on any atom is -0.292 e. The van der Waals surface area contributed by atoms with Crippen molar-refractivity contribution in [2.24, 2.45) is 4.99 Å². The molecule has 1 heterocycles. The van der Waals surface area contributed by atoms with Crippen LogP contribution in [0.15, 0.2) is 28.9 Å². The molecule has 1 rings (SSSR count). The van der Waals surface area contributed by atoms with E-state index in [1.165, 1.54) is 12.3 Å². The van der Waals surface area contributed by atoms with E-state index in [-0.39, 0.29) is 18.2 Å². The van der Waals surface area contributed by atoms with Crippen LogP contribution in [-0.2, 0) is 9.59 Å². The van der Waals surface area contributed by atoms with E-state index in [1.807, 2.05) is 0 Å². The molecule has 0 aromatic carbocycles. The van der Waals surface area contributed by atoms with E-state index in [1.54, 1.807) is 6.92 Å². The number of nitrogens with zero attached hydrogens (tertiary/aromatic N) is 1. The van der Waals surface area contributed by atoms with E-state index in [2.05, 4.69) is 16.9 Å². The van der Waals surface area contributed by atoms with Gasteiger partial charge in [0, 0.05) is 11.8 Å². The zero-order chi connectivity index (χ0) is 9.84. The zero-order valence-electron chi connectivity index (χ0n) is 7.33. The Morgan fingerprint density at radius 2 is 2.23 bits per heavy atom. The van der Waals surface area contributed by atoms with Gasteiger partial charge in [-0.05, 0) is 6.92 Å². The van der Waals surface area contributed by atoms with Crippen molar-refractivity contribution >= 4 is 18.0 Å². The van der Waals surface area contributed by atoms with Crippen molar-refractivity contribution in [1.29, 1.82) is 0 Å². The van der Waals surface area contributed by atoms with Crippen LogP contribution in [0.4, 0.5) is 0 Å². The second-order valence-electron chi connectivity index (χ2n) is 2.64. The molecule has 68 valence electrons. The monoisotopic (exact) mass is 178 g/mol. The van der Waals surface area contributed by atoms with Crippen LogP contribution < -0.4 is 5.32 Å². The molecule has 2 amide bonds. The van der Waals surface area contributed by atoms with Crippen LogP contribution in [0.25, 0.3) is 0 Å². The van der Waals surface area contributed by atoms with Crippen molar-refractivity contribution in [2.75, 3.05) is 0 Å². The third-order valence-electron chi connectivity index (χ3n) is 1.69. The molecule has 1 N–H and O–H groups in total. The lowest BCUT2D eigenvalue weighted by atomic mass is 10.1. The summed E-state index contributed by atoms with van der Waals surface area (Å²) in [6.45, 7) is 5.09. The van der Waals surface area contributed by atoms with Gasteiger partial charge in [-0.3, -0.25) is 19.9 Å². The van der Waals surface area contributed by atoms with Crippen molar-refractivity contribution < 1.29 is 9.59 Å². The molecule has 0 radical (unpaired) electrons. The topological polar surface area (TPSA) is 58.5 Å². The van der Waals surface area contributed by atoms with E-state index in [9.17, 15) is 9.59 Å². The minimum absolute atomic E-state index is 0.155. The number of carbonyl (C=O) groups is 2. The molecule has 0 saturated heterocycles. The van der Waals surface area contributed by atoms with Crippen molar-refractivity contribution in [3.63, 3.8) is 0 Å². The summed E-state index contributed by atoms with van der Waals surface area (Å²) in [7, 11) is 0. The van der Waals surface area contributed by atoms with Crippen LogP contribution in [-0.4, -0.2) is 18.0 Å². The number of hydrogen-bond donors (Lipinski definition) is 1. The Morgan fingerprint density at radius 3 is 2.85 bits per heavy atom. The van der Waals surface area contributed by atoms with Crippen LogP contribution in [0.3, 0.4) is 0 Å². The van der Waals surface area contributed by atoms with Gasteiger partial charge in [-0.15, -0.1) is 0 Å². The molecular formula is C9H10N2O2. The molecule has 0 atom stereocenters. The number of hydrogen-bond acceptors (Lipinski definition) is 3. The van der Waals surface area contributed by atoms with E-state index in [0.29, 0.717) is 11.3 Å². The Morgan fingerprint density at radius 1 is 1.54 bits per heavy atom. The third-order valence-corrected chi connectivity index (χ3v) is 1.69. The van der Waals surface area contributed by atoms with Gasteiger partial charge in [0.15, 0.2) is 0 Å². The fraction of sp³-hybridized carbons (Fsp3) is 0.222. The van der Waals surface area contributed by atoms with Gasteiger partial charge in [-0.25, -0.2) is 0 Å². The van der Waals surface area contributed by atoms with Gasteiger partial charge in [-0.2, -0.15) is 0 Å². The molecule has 13 heavy (non-hydrogen) atoms. The number of nitrogens with one attached hydrogen (secondary N) is 1. The Hall–Kier alpha value is -1.71. The van der Waals surface area contributed by atoms with Crippen LogP contribution in [0.2, 0.25) is 0 Å². The number of amides is 2. The van der Waals surface area contributed by atoms with Gasteiger partial charge in [0.2, 0.25) is 5.91 Å². The fourth-order valence-corrected chi connectivity index (χ4v) is 0.965. The first kappa shape index (κ1) is 9.38. The summed E-state index contributed by atoms with van der Waals surface area (Å²) in [5.74, 6) is -0.681. The molecular weight excluding hydrogens is 168 g/mol. The summed E-state index contributed by atoms with van der Waals surface area (Å²) in [4.78, 5) is 26.0. The molecule has 0 unspecified atom stereocenters. The summed E-state index contributed by atoms with van der Waals surface area (Å²) < 4.78 is 0. The average Bonchev–Trinajstić information content (AvgIpc) is 2.09. The lowest BCUT2D eigenvalue weighted by molar-refractivity contribution is -0.129. The Labute approximate surface area is 76.0 Å². The van der Waals surface area contributed by atoms with Crippen LogP contribution in [0.5, 0.6) is 0 Å². The SMILES string of the molecule is C=CC=NC1=C(C)C(=O)NC(=O)C1. The predicted molar refractivity (Wildman–Crippen MR) is 49.2 cm³/mol. The normalized spacial score (nSPS) is 17.9. The largest absolute Gasteiger partial charge is 0.292 e. The standard InChI is InChI=1S/C9H10N2O2/c1-3-4-10-7-5-8(12)11-9(13)6(7)2/h3-4H,1,5H2,2H3,(H,11,12,13). The highest BCUT2D eigenvalue weighted by molar-refractivity contribution is 6.08. The van der Waals surface area contributed by atoms with Crippen molar-refractivity contribution in [2.45, 2.75) is 13.3 Å². The maximum absolute atomic E-state index is 11.1. The zero-order valence-corrected chi connectivity index (χ0v) is 7.33. The van der Waals surface area contributed by atoms with Crippen LogP contribution in [0, 0.1) is 0 Å². The molecule has 0 aromatic heterocycles. The molecule has 0 saturated carbocycles. The van der Waals surface area contributed by atoms with E-state index >= 15 is 0 Å². The summed E-state index contributed by atoms with van der Waals surface area (Å²) in [6, 6.07) is 0.